The lowest BCUT2D eigenvalue weighted by Gasteiger charge is -2.23. The van der Waals surface area contributed by atoms with Crippen LogP contribution in [-0.4, -0.2) is 55.1 Å². The Balaban J connectivity index is 2.85. The number of anilines is 2. The monoisotopic (exact) mass is 315 g/mol. The van der Waals surface area contributed by atoms with Gasteiger partial charge in [0.15, 0.2) is 0 Å². The first-order valence-corrected chi connectivity index (χ1v) is 8.17. The molecule has 1 aromatic carbocycles. The summed E-state index contributed by atoms with van der Waals surface area (Å²) in [5, 5.41) is 2.46. The Kier molecular flexibility index (Phi) is 5.83. The highest BCUT2D eigenvalue weighted by Crippen LogP contribution is 2.21. The van der Waals surface area contributed by atoms with Crippen LogP contribution >= 0.6 is 0 Å². The standard InChI is InChI=1S/C13H21N3O4S/c1-15(2)11-5-7-12(8-6-11)16(21(4,18)19)10-9-14-13(17)20-3/h5-8H,9-10H2,1-4H3,(H,14,17). The van der Waals surface area contributed by atoms with Crippen molar-refractivity contribution < 1.29 is 17.9 Å². The highest BCUT2D eigenvalue weighted by Gasteiger charge is 2.17. The number of hydrogen-bond acceptors (Lipinski definition) is 5. The van der Waals surface area contributed by atoms with Crippen molar-refractivity contribution in [1.82, 2.24) is 5.32 Å². The Morgan fingerprint density at radius 3 is 2.14 bits per heavy atom. The van der Waals surface area contributed by atoms with E-state index in [2.05, 4.69) is 10.1 Å². The number of nitrogens with one attached hydrogen (secondary N) is 1. The molecule has 0 atom stereocenters. The molecule has 0 aliphatic carbocycles. The number of methoxy groups -OCH3 is 1. The van der Waals surface area contributed by atoms with E-state index < -0.39 is 16.1 Å². The van der Waals surface area contributed by atoms with E-state index in [1.54, 1.807) is 12.1 Å². The summed E-state index contributed by atoms with van der Waals surface area (Å²) in [4.78, 5) is 12.9. The molecule has 8 heteroatoms. The van der Waals surface area contributed by atoms with Gasteiger partial charge >= 0.3 is 6.09 Å². The van der Waals surface area contributed by atoms with Crippen LogP contribution in [0, 0.1) is 0 Å². The first-order chi connectivity index (χ1) is 9.75. The Bertz CT molecular complexity index is 570. The number of ether oxygens (including phenoxy) is 1. The zero-order valence-corrected chi connectivity index (χ0v) is 13.5. The molecule has 1 rings (SSSR count). The average molecular weight is 315 g/mol. The first kappa shape index (κ1) is 17.1. The second kappa shape index (κ2) is 7.16. The number of benzene rings is 1. The minimum atomic E-state index is -3.43. The Morgan fingerprint density at radius 2 is 1.71 bits per heavy atom. The van der Waals surface area contributed by atoms with Crippen LogP contribution in [0.4, 0.5) is 16.2 Å². The molecule has 0 heterocycles. The Morgan fingerprint density at radius 1 is 1.19 bits per heavy atom. The van der Waals surface area contributed by atoms with Crippen LogP contribution in [0.15, 0.2) is 24.3 Å². The molecule has 0 unspecified atom stereocenters. The summed E-state index contributed by atoms with van der Waals surface area (Å²) in [5.41, 5.74) is 1.52. The van der Waals surface area contributed by atoms with Gasteiger partial charge in [-0.3, -0.25) is 4.31 Å². The van der Waals surface area contributed by atoms with Gasteiger partial charge in [-0.1, -0.05) is 0 Å². The number of nitrogens with zero attached hydrogens (tertiary/aromatic N) is 2. The fraction of sp³-hybridized carbons (Fsp3) is 0.462. The van der Waals surface area contributed by atoms with Crippen molar-refractivity contribution >= 4 is 27.5 Å². The molecule has 0 aromatic heterocycles. The quantitative estimate of drug-likeness (QED) is 0.843. The van der Waals surface area contributed by atoms with Crippen molar-refractivity contribution in [3.63, 3.8) is 0 Å². The number of carbonyl (C=O) groups is 1. The summed E-state index contributed by atoms with van der Waals surface area (Å²) in [7, 11) is 1.64. The summed E-state index contributed by atoms with van der Waals surface area (Å²) in [6, 6.07) is 7.13. The Hall–Kier alpha value is -1.96. The fourth-order valence-electron chi connectivity index (χ4n) is 1.74. The summed E-state index contributed by atoms with van der Waals surface area (Å²) >= 11 is 0. The molecular weight excluding hydrogens is 294 g/mol. The van der Waals surface area contributed by atoms with E-state index >= 15 is 0 Å². The molecule has 0 radical (unpaired) electrons. The predicted octanol–water partition coefficient (Wildman–Crippen LogP) is 0.875. The van der Waals surface area contributed by atoms with E-state index in [-0.39, 0.29) is 13.1 Å². The highest BCUT2D eigenvalue weighted by atomic mass is 32.2. The molecule has 0 bridgehead atoms. The summed E-state index contributed by atoms with van der Waals surface area (Å²) < 4.78 is 29.4. The summed E-state index contributed by atoms with van der Waals surface area (Å²) in [6.07, 6.45) is 0.539. The van der Waals surface area contributed by atoms with Crippen molar-refractivity contribution in [2.75, 3.05) is 49.8 Å². The lowest BCUT2D eigenvalue weighted by Crippen LogP contribution is -2.38. The topological polar surface area (TPSA) is 79.0 Å². The number of amides is 1. The van der Waals surface area contributed by atoms with Crippen LogP contribution in [-0.2, 0) is 14.8 Å². The van der Waals surface area contributed by atoms with Crippen molar-refractivity contribution in [3.8, 4) is 0 Å². The van der Waals surface area contributed by atoms with Crippen molar-refractivity contribution in [3.05, 3.63) is 24.3 Å². The lowest BCUT2D eigenvalue weighted by atomic mass is 10.2. The van der Waals surface area contributed by atoms with Crippen molar-refractivity contribution in [2.24, 2.45) is 0 Å². The summed E-state index contributed by atoms with van der Waals surface area (Å²) in [5.74, 6) is 0. The SMILES string of the molecule is COC(=O)NCCN(c1ccc(N(C)C)cc1)S(C)(=O)=O. The molecule has 0 saturated heterocycles. The average Bonchev–Trinajstić information content (AvgIpc) is 2.42. The smallest absolute Gasteiger partial charge is 0.406 e. The van der Waals surface area contributed by atoms with Crippen molar-refractivity contribution in [1.29, 1.82) is 0 Å². The maximum atomic E-state index is 11.9. The van der Waals surface area contributed by atoms with Crippen molar-refractivity contribution in [2.45, 2.75) is 0 Å². The number of hydrogen-bond donors (Lipinski definition) is 1. The molecule has 7 nitrogen and oxygen atoms in total. The highest BCUT2D eigenvalue weighted by molar-refractivity contribution is 7.92. The van der Waals surface area contributed by atoms with Crippen LogP contribution in [0.2, 0.25) is 0 Å². The van der Waals surface area contributed by atoms with Gasteiger partial charge < -0.3 is 15.0 Å². The van der Waals surface area contributed by atoms with Gasteiger partial charge in [0.25, 0.3) is 0 Å². The zero-order valence-electron chi connectivity index (χ0n) is 12.7. The molecule has 0 aliphatic rings. The van der Waals surface area contributed by atoms with Gasteiger partial charge in [0.05, 0.1) is 25.6 Å². The van der Waals surface area contributed by atoms with Crippen LogP contribution in [0.5, 0.6) is 0 Å². The molecule has 1 amide bonds. The zero-order chi connectivity index (χ0) is 16.0. The minimum absolute atomic E-state index is 0.134. The van der Waals surface area contributed by atoms with Gasteiger partial charge in [0.2, 0.25) is 10.0 Å². The molecule has 0 spiro atoms. The molecule has 1 aromatic rings. The van der Waals surface area contributed by atoms with Gasteiger partial charge in [-0.2, -0.15) is 0 Å². The van der Waals surface area contributed by atoms with E-state index in [0.29, 0.717) is 5.69 Å². The number of sulfonamides is 1. The van der Waals surface area contributed by atoms with Crippen LogP contribution in [0.25, 0.3) is 0 Å². The van der Waals surface area contributed by atoms with Crippen LogP contribution < -0.4 is 14.5 Å². The minimum Gasteiger partial charge on any atom is -0.453 e. The van der Waals surface area contributed by atoms with E-state index in [1.165, 1.54) is 11.4 Å². The lowest BCUT2D eigenvalue weighted by molar-refractivity contribution is 0.171. The van der Waals surface area contributed by atoms with Gasteiger partial charge in [-0.25, -0.2) is 13.2 Å². The van der Waals surface area contributed by atoms with Gasteiger partial charge in [0, 0.05) is 26.3 Å². The molecule has 21 heavy (non-hydrogen) atoms. The first-order valence-electron chi connectivity index (χ1n) is 6.32. The maximum Gasteiger partial charge on any atom is 0.406 e. The van der Waals surface area contributed by atoms with E-state index in [1.807, 2.05) is 31.1 Å². The molecule has 1 N–H and O–H groups in total. The van der Waals surface area contributed by atoms with E-state index in [9.17, 15) is 13.2 Å². The normalized spacial score (nSPS) is 10.9. The molecule has 118 valence electrons. The second-order valence-corrected chi connectivity index (χ2v) is 6.57. The third-order valence-electron chi connectivity index (χ3n) is 2.82. The van der Waals surface area contributed by atoms with E-state index in [4.69, 9.17) is 0 Å². The number of rotatable bonds is 6. The molecule has 0 fully saturated rings. The molecule has 0 saturated carbocycles. The molecule has 0 aliphatic heterocycles. The summed E-state index contributed by atoms with van der Waals surface area (Å²) in [6.45, 7) is 0.296. The largest absolute Gasteiger partial charge is 0.453 e. The fourth-order valence-corrected chi connectivity index (χ4v) is 2.66. The Labute approximate surface area is 125 Å². The van der Waals surface area contributed by atoms with Crippen LogP contribution in [0.1, 0.15) is 0 Å². The van der Waals surface area contributed by atoms with Gasteiger partial charge in [-0.15, -0.1) is 0 Å². The van der Waals surface area contributed by atoms with E-state index in [0.717, 1.165) is 11.9 Å². The molecular formula is C13H21N3O4S. The van der Waals surface area contributed by atoms with Gasteiger partial charge in [-0.05, 0) is 24.3 Å². The third-order valence-corrected chi connectivity index (χ3v) is 4.02. The van der Waals surface area contributed by atoms with Gasteiger partial charge in [0.1, 0.15) is 0 Å². The number of carbonyl (C=O) groups excluding carboxylic acids is 1. The van der Waals surface area contributed by atoms with Crippen LogP contribution in [0.3, 0.4) is 0 Å². The maximum absolute atomic E-state index is 11.9. The predicted molar refractivity (Wildman–Crippen MR) is 83.4 cm³/mol. The third kappa shape index (κ3) is 5.14. The number of alkyl carbamates (subject to hydrolysis) is 1. The second-order valence-electron chi connectivity index (χ2n) is 4.66.